The summed E-state index contributed by atoms with van der Waals surface area (Å²) in [7, 11) is 0. The third kappa shape index (κ3) is 2.94. The summed E-state index contributed by atoms with van der Waals surface area (Å²) in [6.07, 6.45) is 0. The third-order valence-corrected chi connectivity index (χ3v) is 2.34. The van der Waals surface area contributed by atoms with Crippen LogP contribution in [0.1, 0.15) is 0 Å². The fraction of sp³-hybridized carbons (Fsp3) is 0.125. The van der Waals surface area contributed by atoms with Crippen molar-refractivity contribution in [2.24, 2.45) is 0 Å². The SMILES string of the molecule is [O]C(=O)COc1cc(Cl)c(Cl)cc1Cl. The molecule has 3 nitrogen and oxygen atoms in total. The Morgan fingerprint density at radius 2 is 1.71 bits per heavy atom. The second-order valence-electron chi connectivity index (χ2n) is 2.36. The van der Waals surface area contributed by atoms with Gasteiger partial charge < -0.3 is 4.74 Å². The lowest BCUT2D eigenvalue weighted by Crippen LogP contribution is -2.08. The minimum absolute atomic E-state index is 0.158. The van der Waals surface area contributed by atoms with Gasteiger partial charge in [-0.15, -0.1) is 0 Å². The second kappa shape index (κ2) is 4.73. The van der Waals surface area contributed by atoms with Crippen molar-refractivity contribution in [1.29, 1.82) is 0 Å². The summed E-state index contributed by atoms with van der Waals surface area (Å²) >= 11 is 17.0. The van der Waals surface area contributed by atoms with E-state index in [0.717, 1.165) is 0 Å². The van der Waals surface area contributed by atoms with Crippen molar-refractivity contribution in [3.63, 3.8) is 0 Å². The van der Waals surface area contributed by atoms with Gasteiger partial charge in [-0.05, 0) is 6.07 Å². The first-order valence-corrected chi connectivity index (χ1v) is 4.61. The van der Waals surface area contributed by atoms with Crippen LogP contribution in [0.4, 0.5) is 0 Å². The molecule has 0 unspecified atom stereocenters. The molecule has 1 radical (unpaired) electrons. The fourth-order valence-corrected chi connectivity index (χ4v) is 1.34. The predicted molar refractivity (Wildman–Crippen MR) is 52.7 cm³/mol. The average Bonchev–Trinajstić information content (AvgIpc) is 2.09. The van der Waals surface area contributed by atoms with E-state index in [1.54, 1.807) is 0 Å². The van der Waals surface area contributed by atoms with Gasteiger partial charge in [-0.2, -0.15) is 0 Å². The maximum absolute atomic E-state index is 10.1. The van der Waals surface area contributed by atoms with Gasteiger partial charge in [0.15, 0.2) is 6.61 Å². The minimum Gasteiger partial charge on any atom is -0.480 e. The monoisotopic (exact) mass is 253 g/mol. The molecule has 0 saturated carbocycles. The van der Waals surface area contributed by atoms with E-state index in [1.165, 1.54) is 12.1 Å². The zero-order valence-corrected chi connectivity index (χ0v) is 8.99. The van der Waals surface area contributed by atoms with Crippen molar-refractivity contribution < 1.29 is 14.6 Å². The van der Waals surface area contributed by atoms with Gasteiger partial charge in [-0.3, -0.25) is 0 Å². The summed E-state index contributed by atoms with van der Waals surface area (Å²) < 4.78 is 4.80. The van der Waals surface area contributed by atoms with Crippen molar-refractivity contribution in [2.45, 2.75) is 0 Å². The lowest BCUT2D eigenvalue weighted by Gasteiger charge is -2.06. The maximum atomic E-state index is 10.1. The zero-order chi connectivity index (χ0) is 10.7. The lowest BCUT2D eigenvalue weighted by molar-refractivity contribution is -0.145. The van der Waals surface area contributed by atoms with E-state index in [2.05, 4.69) is 0 Å². The molecule has 0 N–H and O–H groups in total. The first kappa shape index (κ1) is 11.4. The van der Waals surface area contributed by atoms with Crippen LogP contribution in [0.3, 0.4) is 0 Å². The minimum atomic E-state index is -1.34. The van der Waals surface area contributed by atoms with Crippen LogP contribution in [0.5, 0.6) is 5.75 Å². The Morgan fingerprint density at radius 1 is 1.14 bits per heavy atom. The molecule has 0 heterocycles. The molecule has 0 aliphatic rings. The fourth-order valence-electron chi connectivity index (χ4n) is 0.752. The van der Waals surface area contributed by atoms with E-state index in [1.807, 2.05) is 0 Å². The quantitative estimate of drug-likeness (QED) is 0.779. The molecule has 75 valence electrons. The Kier molecular flexibility index (Phi) is 3.86. The van der Waals surface area contributed by atoms with Crippen LogP contribution in [-0.2, 0) is 9.90 Å². The standard InChI is InChI=1S/C8H4Cl3O3/c9-4-1-6(11)7(2-5(4)10)14-3-8(12)13/h1-2H,3H2. The largest absolute Gasteiger partial charge is 0.480 e. The van der Waals surface area contributed by atoms with E-state index >= 15 is 0 Å². The highest BCUT2D eigenvalue weighted by Gasteiger charge is 2.09. The number of hydrogen-bond donors (Lipinski definition) is 0. The molecule has 0 bridgehead atoms. The molecule has 0 amide bonds. The number of ether oxygens (including phenoxy) is 1. The summed E-state index contributed by atoms with van der Waals surface area (Å²) in [6, 6.07) is 2.71. The first-order chi connectivity index (χ1) is 6.50. The van der Waals surface area contributed by atoms with Gasteiger partial charge in [-0.25, -0.2) is 9.90 Å². The molecule has 0 aliphatic heterocycles. The van der Waals surface area contributed by atoms with Crippen LogP contribution < -0.4 is 4.74 Å². The van der Waals surface area contributed by atoms with E-state index in [9.17, 15) is 9.90 Å². The lowest BCUT2D eigenvalue weighted by atomic mass is 10.3. The highest BCUT2D eigenvalue weighted by Crippen LogP contribution is 2.33. The Morgan fingerprint density at radius 3 is 2.29 bits per heavy atom. The van der Waals surface area contributed by atoms with Crippen LogP contribution in [0, 0.1) is 0 Å². The van der Waals surface area contributed by atoms with Crippen LogP contribution in [0.25, 0.3) is 0 Å². The van der Waals surface area contributed by atoms with Gasteiger partial charge in [0.25, 0.3) is 0 Å². The predicted octanol–water partition coefficient (Wildman–Crippen LogP) is 2.98. The molecule has 0 aliphatic carbocycles. The average molecular weight is 254 g/mol. The highest BCUT2D eigenvalue weighted by molar-refractivity contribution is 6.43. The number of rotatable bonds is 3. The van der Waals surface area contributed by atoms with E-state index < -0.39 is 12.6 Å². The van der Waals surface area contributed by atoms with Crippen molar-refractivity contribution in [3.8, 4) is 5.75 Å². The van der Waals surface area contributed by atoms with Crippen molar-refractivity contribution in [2.75, 3.05) is 6.61 Å². The molecule has 1 rings (SSSR count). The van der Waals surface area contributed by atoms with Crippen molar-refractivity contribution >= 4 is 40.8 Å². The van der Waals surface area contributed by atoms with Crippen molar-refractivity contribution in [1.82, 2.24) is 0 Å². The van der Waals surface area contributed by atoms with E-state index in [-0.39, 0.29) is 20.8 Å². The number of halogens is 3. The van der Waals surface area contributed by atoms with Crippen molar-refractivity contribution in [3.05, 3.63) is 27.2 Å². The summed E-state index contributed by atoms with van der Waals surface area (Å²) in [5.41, 5.74) is 0. The van der Waals surface area contributed by atoms with Gasteiger partial charge in [0.2, 0.25) is 0 Å². The normalized spacial score (nSPS) is 9.93. The summed E-state index contributed by atoms with van der Waals surface area (Å²) in [4.78, 5) is 10.1. The molecule has 0 aromatic heterocycles. The van der Waals surface area contributed by atoms with Crippen LogP contribution >= 0.6 is 34.8 Å². The molecule has 1 aromatic rings. The molecule has 14 heavy (non-hydrogen) atoms. The summed E-state index contributed by atoms with van der Waals surface area (Å²) in [5, 5.41) is 10.8. The van der Waals surface area contributed by atoms with Gasteiger partial charge >= 0.3 is 5.97 Å². The number of benzene rings is 1. The first-order valence-electron chi connectivity index (χ1n) is 3.48. The molecule has 0 spiro atoms. The number of carbonyl (C=O) groups excluding carboxylic acids is 1. The highest BCUT2D eigenvalue weighted by atomic mass is 35.5. The summed E-state index contributed by atoms with van der Waals surface area (Å²) in [5.74, 6) is -1.18. The molecule has 1 aromatic carbocycles. The Balaban J connectivity index is 2.87. The summed E-state index contributed by atoms with van der Waals surface area (Å²) in [6.45, 7) is -0.586. The van der Waals surface area contributed by atoms with Gasteiger partial charge in [-0.1, -0.05) is 34.8 Å². The Labute approximate surface area is 95.1 Å². The van der Waals surface area contributed by atoms with Gasteiger partial charge in [0.05, 0.1) is 15.1 Å². The van der Waals surface area contributed by atoms with Crippen LogP contribution in [0.15, 0.2) is 12.1 Å². The topological polar surface area (TPSA) is 46.2 Å². The van der Waals surface area contributed by atoms with Gasteiger partial charge in [0, 0.05) is 6.07 Å². The Hall–Kier alpha value is -0.640. The molecule has 0 saturated heterocycles. The molecular formula is C8H4Cl3O3. The van der Waals surface area contributed by atoms with Gasteiger partial charge in [0.1, 0.15) is 5.75 Å². The van der Waals surface area contributed by atoms with E-state index in [4.69, 9.17) is 39.5 Å². The zero-order valence-electron chi connectivity index (χ0n) is 6.72. The molecular weight excluding hydrogens is 250 g/mol. The molecule has 0 fully saturated rings. The molecule has 6 heteroatoms. The smallest absolute Gasteiger partial charge is 0.392 e. The second-order valence-corrected chi connectivity index (χ2v) is 3.58. The maximum Gasteiger partial charge on any atom is 0.392 e. The molecule has 0 atom stereocenters. The Bertz CT molecular complexity index is 365. The number of carbonyl (C=O) groups is 1. The van der Waals surface area contributed by atoms with Crippen LogP contribution in [0.2, 0.25) is 15.1 Å². The van der Waals surface area contributed by atoms with Crippen LogP contribution in [-0.4, -0.2) is 12.6 Å². The van der Waals surface area contributed by atoms with E-state index in [0.29, 0.717) is 0 Å². The third-order valence-electron chi connectivity index (χ3n) is 1.32. The number of hydrogen-bond acceptors (Lipinski definition) is 2.